The first-order valence-corrected chi connectivity index (χ1v) is 10.7. The van der Waals surface area contributed by atoms with Gasteiger partial charge >= 0.3 is 6.09 Å². The third kappa shape index (κ3) is 3.27. The van der Waals surface area contributed by atoms with E-state index < -0.39 is 5.60 Å². The van der Waals surface area contributed by atoms with Crippen LogP contribution < -0.4 is 10.6 Å². The van der Waals surface area contributed by atoms with E-state index in [9.17, 15) is 9.59 Å². The quantitative estimate of drug-likeness (QED) is 0.834. The molecule has 5 rings (SSSR count). The second kappa shape index (κ2) is 6.46. The summed E-state index contributed by atoms with van der Waals surface area (Å²) in [4.78, 5) is 29.8. The Kier molecular flexibility index (Phi) is 4.14. The van der Waals surface area contributed by atoms with Crippen molar-refractivity contribution in [2.45, 2.75) is 81.9 Å². The van der Waals surface area contributed by atoms with Crippen LogP contribution >= 0.6 is 0 Å². The summed E-state index contributed by atoms with van der Waals surface area (Å²) in [6.07, 6.45) is 8.72. The minimum absolute atomic E-state index is 0.104. The molecule has 0 saturated heterocycles. The standard InChI is InChI=1S/C22H29N3O3/c1-14-4-2-6-18(23-14)19(26)25-22-9-3-5-15-10-16(22)12-21(11-15,13-22)28-20(27)24-17-7-8-17/h2,4,6,15-17H,3,5,7-13H2,1H3,(H,24,27)(H,25,26). The molecule has 6 heteroatoms. The molecule has 4 atom stereocenters. The number of hydrogen-bond donors (Lipinski definition) is 2. The van der Waals surface area contributed by atoms with E-state index in [1.165, 1.54) is 0 Å². The molecule has 1 aromatic rings. The van der Waals surface area contributed by atoms with Gasteiger partial charge in [-0.25, -0.2) is 9.78 Å². The molecule has 4 unspecified atom stereocenters. The Hall–Kier alpha value is -2.11. The number of rotatable bonds is 4. The van der Waals surface area contributed by atoms with Gasteiger partial charge in [0.05, 0.1) is 0 Å². The molecule has 4 aliphatic carbocycles. The lowest BCUT2D eigenvalue weighted by molar-refractivity contribution is -0.0239. The fourth-order valence-corrected chi connectivity index (χ4v) is 6.04. The van der Waals surface area contributed by atoms with E-state index in [0.717, 1.165) is 63.5 Å². The lowest BCUT2D eigenvalue weighted by Gasteiger charge is -2.37. The molecule has 2 N–H and O–H groups in total. The van der Waals surface area contributed by atoms with Crippen LogP contribution in [0.15, 0.2) is 18.2 Å². The Morgan fingerprint density at radius 1 is 1.21 bits per heavy atom. The molecule has 4 saturated carbocycles. The average molecular weight is 383 g/mol. The van der Waals surface area contributed by atoms with Gasteiger partial charge in [0.1, 0.15) is 11.3 Å². The van der Waals surface area contributed by atoms with E-state index in [1.54, 1.807) is 6.07 Å². The molecule has 150 valence electrons. The van der Waals surface area contributed by atoms with Crippen LogP contribution in [0.5, 0.6) is 0 Å². The highest BCUT2D eigenvalue weighted by Crippen LogP contribution is 2.59. The number of alkyl carbamates (subject to hydrolysis) is 1. The van der Waals surface area contributed by atoms with Crippen LogP contribution in [-0.4, -0.2) is 34.2 Å². The average Bonchev–Trinajstić information content (AvgIpc) is 3.41. The largest absolute Gasteiger partial charge is 0.443 e. The van der Waals surface area contributed by atoms with E-state index in [2.05, 4.69) is 15.6 Å². The zero-order valence-corrected chi connectivity index (χ0v) is 16.5. The number of hydrogen-bond acceptors (Lipinski definition) is 4. The van der Waals surface area contributed by atoms with E-state index in [1.807, 2.05) is 19.1 Å². The van der Waals surface area contributed by atoms with Crippen molar-refractivity contribution in [3.05, 3.63) is 29.6 Å². The van der Waals surface area contributed by atoms with Gasteiger partial charge in [-0.1, -0.05) is 18.9 Å². The second-order valence-electron chi connectivity index (χ2n) is 9.54. The molecule has 0 spiro atoms. The maximum atomic E-state index is 13.0. The third-order valence-corrected chi connectivity index (χ3v) is 7.24. The van der Waals surface area contributed by atoms with Crippen LogP contribution in [-0.2, 0) is 4.74 Å². The molecule has 4 aliphatic rings. The number of aryl methyl sites for hydroxylation is 1. The van der Waals surface area contributed by atoms with Crippen LogP contribution in [0, 0.1) is 18.8 Å². The highest BCUT2D eigenvalue weighted by molar-refractivity contribution is 5.93. The third-order valence-electron chi connectivity index (χ3n) is 7.24. The molecule has 1 heterocycles. The SMILES string of the molecule is Cc1cccc(C(=O)NC23CCCC4CC2CC(OC(=O)NC2CC2)(C4)C3)n1. The topological polar surface area (TPSA) is 80.3 Å². The van der Waals surface area contributed by atoms with Crippen LogP contribution in [0.3, 0.4) is 0 Å². The number of ether oxygens (including phenoxy) is 1. The minimum Gasteiger partial charge on any atom is -0.443 e. The van der Waals surface area contributed by atoms with Crippen molar-refractivity contribution in [1.82, 2.24) is 15.6 Å². The van der Waals surface area contributed by atoms with Crippen molar-refractivity contribution in [1.29, 1.82) is 0 Å². The number of amides is 2. The van der Waals surface area contributed by atoms with Gasteiger partial charge in [-0.05, 0) is 69.4 Å². The molecule has 4 fully saturated rings. The Labute approximate surface area is 165 Å². The summed E-state index contributed by atoms with van der Waals surface area (Å²) in [5.74, 6) is 0.856. The predicted molar refractivity (Wildman–Crippen MR) is 104 cm³/mol. The van der Waals surface area contributed by atoms with E-state index in [4.69, 9.17) is 4.74 Å². The fraction of sp³-hybridized carbons (Fsp3) is 0.682. The second-order valence-corrected chi connectivity index (χ2v) is 9.54. The Balaban J connectivity index is 1.38. The first-order valence-electron chi connectivity index (χ1n) is 10.7. The van der Waals surface area contributed by atoms with Crippen LogP contribution in [0.1, 0.15) is 74.0 Å². The summed E-state index contributed by atoms with van der Waals surface area (Å²) >= 11 is 0. The van der Waals surface area contributed by atoms with Crippen LogP contribution in [0.25, 0.3) is 0 Å². The lowest BCUT2D eigenvalue weighted by atomic mass is 9.77. The summed E-state index contributed by atoms with van der Waals surface area (Å²) in [5, 5.41) is 6.34. The van der Waals surface area contributed by atoms with Crippen molar-refractivity contribution < 1.29 is 14.3 Å². The van der Waals surface area contributed by atoms with Gasteiger partial charge < -0.3 is 15.4 Å². The predicted octanol–water partition coefficient (Wildman–Crippen LogP) is 3.49. The minimum atomic E-state index is -0.430. The fourth-order valence-electron chi connectivity index (χ4n) is 6.04. The first-order chi connectivity index (χ1) is 13.5. The van der Waals surface area contributed by atoms with Crippen molar-refractivity contribution in [2.24, 2.45) is 11.8 Å². The zero-order chi connectivity index (χ0) is 19.4. The number of fused-ring (bicyclic) bond motifs is 2. The van der Waals surface area contributed by atoms with Gasteiger partial charge in [-0.15, -0.1) is 0 Å². The molecule has 6 nitrogen and oxygen atoms in total. The smallest absolute Gasteiger partial charge is 0.407 e. The van der Waals surface area contributed by atoms with Crippen molar-refractivity contribution in [3.63, 3.8) is 0 Å². The molecule has 3 bridgehead atoms. The highest BCUT2D eigenvalue weighted by atomic mass is 16.6. The van der Waals surface area contributed by atoms with Crippen LogP contribution in [0.4, 0.5) is 4.79 Å². The number of nitrogens with zero attached hydrogens (tertiary/aromatic N) is 1. The molecule has 0 aliphatic heterocycles. The van der Waals surface area contributed by atoms with E-state index in [-0.39, 0.29) is 17.5 Å². The molecule has 2 amide bonds. The number of aromatic nitrogens is 1. The molecular formula is C22H29N3O3. The summed E-state index contributed by atoms with van der Waals surface area (Å²) < 4.78 is 6.07. The summed E-state index contributed by atoms with van der Waals surface area (Å²) in [6, 6.07) is 5.84. The molecule has 1 aromatic heterocycles. The van der Waals surface area contributed by atoms with Crippen LogP contribution in [0.2, 0.25) is 0 Å². The zero-order valence-electron chi connectivity index (χ0n) is 16.5. The molecule has 0 radical (unpaired) electrons. The van der Waals surface area contributed by atoms with E-state index >= 15 is 0 Å². The van der Waals surface area contributed by atoms with Gasteiger partial charge in [0.15, 0.2) is 0 Å². The van der Waals surface area contributed by atoms with Gasteiger partial charge in [-0.3, -0.25) is 4.79 Å². The lowest BCUT2D eigenvalue weighted by Crippen LogP contribution is -2.51. The summed E-state index contributed by atoms with van der Waals surface area (Å²) in [7, 11) is 0. The summed E-state index contributed by atoms with van der Waals surface area (Å²) in [6.45, 7) is 1.90. The normalized spacial score (nSPS) is 35.9. The van der Waals surface area contributed by atoms with Gasteiger partial charge in [0.25, 0.3) is 5.91 Å². The summed E-state index contributed by atoms with van der Waals surface area (Å²) in [5.41, 5.74) is 0.597. The number of nitrogens with one attached hydrogen (secondary N) is 2. The Morgan fingerprint density at radius 2 is 2.07 bits per heavy atom. The number of carbonyl (C=O) groups is 2. The maximum absolute atomic E-state index is 13.0. The van der Waals surface area contributed by atoms with Gasteiger partial charge in [0.2, 0.25) is 0 Å². The molecular weight excluding hydrogens is 354 g/mol. The highest BCUT2D eigenvalue weighted by Gasteiger charge is 2.61. The number of carbonyl (C=O) groups excluding carboxylic acids is 2. The van der Waals surface area contributed by atoms with E-state index in [0.29, 0.717) is 23.6 Å². The monoisotopic (exact) mass is 383 g/mol. The van der Waals surface area contributed by atoms with Crippen molar-refractivity contribution in [3.8, 4) is 0 Å². The van der Waals surface area contributed by atoms with Crippen molar-refractivity contribution >= 4 is 12.0 Å². The van der Waals surface area contributed by atoms with Gasteiger partial charge in [-0.2, -0.15) is 0 Å². The molecule has 28 heavy (non-hydrogen) atoms. The number of pyridine rings is 1. The Bertz CT molecular complexity index is 808. The Morgan fingerprint density at radius 3 is 2.86 bits per heavy atom. The first kappa shape index (κ1) is 18.0. The van der Waals surface area contributed by atoms with Gasteiger partial charge in [0, 0.05) is 23.7 Å². The molecule has 0 aromatic carbocycles. The maximum Gasteiger partial charge on any atom is 0.407 e. The van der Waals surface area contributed by atoms with Crippen molar-refractivity contribution in [2.75, 3.05) is 0 Å².